The third kappa shape index (κ3) is 4.61. The Morgan fingerprint density at radius 2 is 1.93 bits per heavy atom. The summed E-state index contributed by atoms with van der Waals surface area (Å²) in [6, 6.07) is 3.73. The molecule has 3 aromatic rings. The number of thioether (sulfide) groups is 1. The van der Waals surface area contributed by atoms with Crippen molar-refractivity contribution in [2.45, 2.75) is 10.4 Å². The number of nitrogens with one attached hydrogen (secondary N) is 1. The van der Waals surface area contributed by atoms with Crippen LogP contribution in [0.15, 0.2) is 34.2 Å². The first kappa shape index (κ1) is 21.4. The standard InChI is InChI=1S/C14H16N4O6P2S2/c1-27-14-9(8-2-3-28-6-8)4-10-12(16-7-17-13(10)18-14)15-5-11(25(19,20)21)26(22,23)24/h2-4,6-7,11H,5H2,1H3,(H2,19,20,21)(H2,22,23,24)(H,15,16,17,18). The summed E-state index contributed by atoms with van der Waals surface area (Å²) in [6.45, 7) is -0.668. The average molecular weight is 462 g/mol. The van der Waals surface area contributed by atoms with Gasteiger partial charge in [0, 0.05) is 12.1 Å². The van der Waals surface area contributed by atoms with Crippen molar-refractivity contribution in [2.24, 2.45) is 0 Å². The maximum atomic E-state index is 11.5. The van der Waals surface area contributed by atoms with Crippen LogP contribution in [0.2, 0.25) is 0 Å². The van der Waals surface area contributed by atoms with Gasteiger partial charge in [-0.1, -0.05) is 0 Å². The number of rotatable bonds is 7. The van der Waals surface area contributed by atoms with Gasteiger partial charge in [-0.05, 0) is 34.7 Å². The Bertz CT molecular complexity index is 1060. The Hall–Kier alpha value is -1.36. The fraction of sp³-hybridized carbons (Fsp3) is 0.214. The van der Waals surface area contributed by atoms with E-state index >= 15 is 0 Å². The van der Waals surface area contributed by atoms with E-state index in [1.807, 2.05) is 23.1 Å². The first-order valence-corrected chi connectivity index (χ1v) is 13.2. The molecule has 0 atom stereocenters. The quantitative estimate of drug-likeness (QED) is 0.259. The minimum atomic E-state index is -5.04. The Morgan fingerprint density at radius 1 is 1.21 bits per heavy atom. The molecule has 3 aromatic heterocycles. The fourth-order valence-corrected chi connectivity index (χ4v) is 5.97. The van der Waals surface area contributed by atoms with Gasteiger partial charge in [0.2, 0.25) is 0 Å². The lowest BCUT2D eigenvalue weighted by Crippen LogP contribution is -2.21. The second-order valence-corrected chi connectivity index (χ2v) is 11.3. The Kier molecular flexibility index (Phi) is 6.23. The largest absolute Gasteiger partial charge is 0.368 e. The number of fused-ring (bicyclic) bond motifs is 1. The van der Waals surface area contributed by atoms with E-state index in [1.54, 1.807) is 6.07 Å². The molecular formula is C14H16N4O6P2S2. The molecule has 14 heteroatoms. The molecule has 0 unspecified atom stereocenters. The summed E-state index contributed by atoms with van der Waals surface area (Å²) in [6.07, 6.45) is 3.10. The van der Waals surface area contributed by atoms with Gasteiger partial charge in [-0.2, -0.15) is 11.3 Å². The lowest BCUT2D eigenvalue weighted by atomic mass is 10.1. The lowest BCUT2D eigenvalue weighted by molar-refractivity contribution is 0.340. The molecule has 0 radical (unpaired) electrons. The van der Waals surface area contributed by atoms with Crippen LogP contribution in [0, 0.1) is 0 Å². The van der Waals surface area contributed by atoms with E-state index in [2.05, 4.69) is 20.3 Å². The van der Waals surface area contributed by atoms with E-state index in [4.69, 9.17) is 0 Å². The summed E-state index contributed by atoms with van der Waals surface area (Å²) >= 11 is 2.97. The van der Waals surface area contributed by atoms with Crippen LogP contribution < -0.4 is 5.32 Å². The predicted molar refractivity (Wildman–Crippen MR) is 109 cm³/mol. The van der Waals surface area contributed by atoms with Crippen molar-refractivity contribution in [1.29, 1.82) is 0 Å². The van der Waals surface area contributed by atoms with Gasteiger partial charge in [0.15, 0.2) is 11.0 Å². The Morgan fingerprint density at radius 3 is 2.50 bits per heavy atom. The topological polar surface area (TPSA) is 166 Å². The molecule has 0 spiro atoms. The number of aromatic nitrogens is 3. The molecule has 0 aliphatic rings. The van der Waals surface area contributed by atoms with Gasteiger partial charge < -0.3 is 24.9 Å². The van der Waals surface area contributed by atoms with E-state index in [9.17, 15) is 28.7 Å². The van der Waals surface area contributed by atoms with E-state index in [-0.39, 0.29) is 5.82 Å². The van der Waals surface area contributed by atoms with Gasteiger partial charge in [0.05, 0.1) is 5.39 Å². The second-order valence-electron chi connectivity index (χ2n) is 5.69. The second kappa shape index (κ2) is 8.17. The summed E-state index contributed by atoms with van der Waals surface area (Å²) in [5.41, 5.74) is 2.13. The summed E-state index contributed by atoms with van der Waals surface area (Å²) in [5.74, 6) is 0.175. The average Bonchev–Trinajstić information content (AvgIpc) is 3.13. The van der Waals surface area contributed by atoms with Gasteiger partial charge in [-0.25, -0.2) is 15.0 Å². The minimum Gasteiger partial charge on any atom is -0.368 e. The van der Waals surface area contributed by atoms with E-state index in [1.165, 1.54) is 29.4 Å². The third-order valence-electron chi connectivity index (χ3n) is 3.84. The highest BCUT2D eigenvalue weighted by atomic mass is 32.2. The van der Waals surface area contributed by atoms with Crippen LogP contribution in [-0.2, 0) is 9.13 Å². The number of anilines is 1. The zero-order valence-corrected chi connectivity index (χ0v) is 17.8. The molecule has 0 aliphatic carbocycles. The van der Waals surface area contributed by atoms with Crippen molar-refractivity contribution < 1.29 is 28.7 Å². The first-order chi connectivity index (χ1) is 13.1. The van der Waals surface area contributed by atoms with Gasteiger partial charge in [0.1, 0.15) is 17.2 Å². The predicted octanol–water partition coefficient (Wildman–Crippen LogP) is 2.57. The molecule has 10 nitrogen and oxygen atoms in total. The Labute approximate surface area is 167 Å². The molecule has 0 aliphatic heterocycles. The van der Waals surface area contributed by atoms with Crippen molar-refractivity contribution >= 4 is 55.1 Å². The molecular weight excluding hydrogens is 446 g/mol. The zero-order valence-electron chi connectivity index (χ0n) is 14.3. The van der Waals surface area contributed by atoms with Crippen LogP contribution in [0.25, 0.3) is 22.2 Å². The lowest BCUT2D eigenvalue weighted by Gasteiger charge is -2.20. The highest BCUT2D eigenvalue weighted by molar-refractivity contribution is 7.98. The molecule has 0 aromatic carbocycles. The molecule has 0 amide bonds. The van der Waals surface area contributed by atoms with E-state index in [0.29, 0.717) is 11.0 Å². The number of thiophene rings is 1. The smallest absolute Gasteiger partial charge is 0.342 e. The molecule has 28 heavy (non-hydrogen) atoms. The molecule has 5 N–H and O–H groups in total. The molecule has 0 bridgehead atoms. The van der Waals surface area contributed by atoms with Crippen molar-refractivity contribution in [3.8, 4) is 11.1 Å². The van der Waals surface area contributed by atoms with Crippen LogP contribution >= 0.6 is 38.3 Å². The molecule has 0 saturated carbocycles. The monoisotopic (exact) mass is 462 g/mol. The number of hydrogen-bond acceptors (Lipinski definition) is 8. The zero-order chi connectivity index (χ0) is 20.5. The first-order valence-electron chi connectivity index (χ1n) is 7.68. The summed E-state index contributed by atoms with van der Waals surface area (Å²) in [5, 5.41) is 5.55. The SMILES string of the molecule is CSc1nc2ncnc(NCC(P(=O)(O)O)P(=O)(O)O)c2cc1-c1ccsc1. The van der Waals surface area contributed by atoms with Gasteiger partial charge in [0.25, 0.3) is 0 Å². The highest BCUT2D eigenvalue weighted by Crippen LogP contribution is 2.59. The molecule has 3 rings (SSSR count). The fourth-order valence-electron chi connectivity index (χ4n) is 2.51. The van der Waals surface area contributed by atoms with Gasteiger partial charge in [-0.3, -0.25) is 9.13 Å². The van der Waals surface area contributed by atoms with Crippen LogP contribution in [-0.4, -0.2) is 52.7 Å². The highest BCUT2D eigenvalue weighted by Gasteiger charge is 2.43. The van der Waals surface area contributed by atoms with E-state index in [0.717, 1.165) is 16.2 Å². The molecule has 3 heterocycles. The molecule has 150 valence electrons. The maximum Gasteiger partial charge on any atom is 0.342 e. The number of nitrogens with zero attached hydrogens (tertiary/aromatic N) is 3. The summed E-state index contributed by atoms with van der Waals surface area (Å²) in [4.78, 5) is 49.8. The van der Waals surface area contributed by atoms with Crippen LogP contribution in [0.3, 0.4) is 0 Å². The van der Waals surface area contributed by atoms with Gasteiger partial charge in [-0.15, -0.1) is 11.8 Å². The minimum absolute atomic E-state index is 0.175. The van der Waals surface area contributed by atoms with Gasteiger partial charge >= 0.3 is 15.2 Å². The normalized spacial score (nSPS) is 12.6. The van der Waals surface area contributed by atoms with Crippen molar-refractivity contribution in [2.75, 3.05) is 18.1 Å². The number of hydrogen-bond donors (Lipinski definition) is 5. The number of pyridine rings is 1. The summed E-state index contributed by atoms with van der Waals surface area (Å²) < 4.78 is 22.9. The van der Waals surface area contributed by atoms with Crippen LogP contribution in [0.1, 0.15) is 0 Å². The van der Waals surface area contributed by atoms with Crippen LogP contribution in [0.5, 0.6) is 0 Å². The van der Waals surface area contributed by atoms with Crippen LogP contribution in [0.4, 0.5) is 5.82 Å². The summed E-state index contributed by atoms with van der Waals surface area (Å²) in [7, 11) is -10.1. The maximum absolute atomic E-state index is 11.5. The van der Waals surface area contributed by atoms with Crippen molar-refractivity contribution in [3.05, 3.63) is 29.2 Å². The van der Waals surface area contributed by atoms with Crippen molar-refractivity contribution in [1.82, 2.24) is 15.0 Å². The molecule has 0 saturated heterocycles. The van der Waals surface area contributed by atoms with E-state index < -0.39 is 27.1 Å². The Balaban J connectivity index is 2.03. The molecule has 0 fully saturated rings. The third-order valence-corrected chi connectivity index (χ3v) is 8.95. The van der Waals surface area contributed by atoms with Crippen molar-refractivity contribution in [3.63, 3.8) is 0 Å².